The van der Waals surface area contributed by atoms with Crippen molar-refractivity contribution in [3.63, 3.8) is 0 Å². The van der Waals surface area contributed by atoms with E-state index in [0.717, 1.165) is 0 Å². The molecular formula is C21H25N3O3S. The van der Waals surface area contributed by atoms with Crippen molar-refractivity contribution in [2.45, 2.75) is 20.8 Å². The summed E-state index contributed by atoms with van der Waals surface area (Å²) in [6, 6.07) is 10.5. The molecule has 2 heterocycles. The Labute approximate surface area is 169 Å². The lowest BCUT2D eigenvalue weighted by atomic mass is 9.94. The molecule has 1 aliphatic rings. The molecule has 6 nitrogen and oxygen atoms in total. The number of thiophene rings is 1. The first-order valence-electron chi connectivity index (χ1n) is 9.29. The maximum absolute atomic E-state index is 12.9. The molecule has 1 fully saturated rings. The predicted octanol–water partition coefficient (Wildman–Crippen LogP) is 3.33. The van der Waals surface area contributed by atoms with Crippen LogP contribution in [0.5, 0.6) is 0 Å². The summed E-state index contributed by atoms with van der Waals surface area (Å²) in [5, 5.41) is 4.68. The van der Waals surface area contributed by atoms with Gasteiger partial charge >= 0.3 is 0 Å². The van der Waals surface area contributed by atoms with Crippen molar-refractivity contribution < 1.29 is 14.4 Å². The van der Waals surface area contributed by atoms with Gasteiger partial charge in [-0.15, -0.1) is 11.3 Å². The van der Waals surface area contributed by atoms with Crippen LogP contribution in [0.25, 0.3) is 0 Å². The second kappa shape index (κ2) is 8.14. The Bertz CT molecular complexity index is 863. The number of carbonyl (C=O) groups excluding carboxylic acids is 3. The molecule has 0 atom stereocenters. The average Bonchev–Trinajstić information content (AvgIpc) is 3.21. The Morgan fingerprint density at radius 2 is 1.64 bits per heavy atom. The number of carbonyl (C=O) groups is 3. The molecule has 7 heteroatoms. The van der Waals surface area contributed by atoms with Crippen molar-refractivity contribution in [1.82, 2.24) is 9.80 Å². The summed E-state index contributed by atoms with van der Waals surface area (Å²) in [4.78, 5) is 41.7. The van der Waals surface area contributed by atoms with Crippen molar-refractivity contribution in [2.24, 2.45) is 5.41 Å². The van der Waals surface area contributed by atoms with Crippen LogP contribution in [0.1, 0.15) is 40.8 Å². The van der Waals surface area contributed by atoms with Crippen LogP contribution >= 0.6 is 11.3 Å². The number of nitrogens with one attached hydrogen (secondary N) is 1. The number of anilines is 1. The van der Waals surface area contributed by atoms with E-state index in [1.54, 1.807) is 35.2 Å². The van der Waals surface area contributed by atoms with Crippen molar-refractivity contribution in [1.29, 1.82) is 0 Å². The molecule has 1 N–H and O–H groups in total. The van der Waals surface area contributed by atoms with E-state index in [0.29, 0.717) is 42.3 Å². The highest BCUT2D eigenvalue weighted by Crippen LogP contribution is 2.20. The van der Waals surface area contributed by atoms with Crippen LogP contribution in [0.3, 0.4) is 0 Å². The first kappa shape index (κ1) is 20.1. The Kier molecular flexibility index (Phi) is 5.84. The van der Waals surface area contributed by atoms with Crippen LogP contribution in [0.15, 0.2) is 41.8 Å². The Morgan fingerprint density at radius 1 is 0.964 bits per heavy atom. The molecule has 0 bridgehead atoms. The van der Waals surface area contributed by atoms with Crippen LogP contribution in [0.4, 0.5) is 5.69 Å². The summed E-state index contributed by atoms with van der Waals surface area (Å²) in [5.41, 5.74) is 0.701. The molecule has 3 rings (SSSR count). The van der Waals surface area contributed by atoms with Crippen LogP contribution < -0.4 is 5.32 Å². The first-order valence-corrected chi connectivity index (χ1v) is 10.2. The Hall–Kier alpha value is -2.67. The fraction of sp³-hybridized carbons (Fsp3) is 0.381. The van der Waals surface area contributed by atoms with Crippen molar-refractivity contribution in [3.05, 3.63) is 52.2 Å². The smallest absolute Gasteiger partial charge is 0.265 e. The summed E-state index contributed by atoms with van der Waals surface area (Å²) in [7, 11) is 0. The van der Waals surface area contributed by atoms with Crippen molar-refractivity contribution in [2.75, 3.05) is 31.5 Å². The minimum absolute atomic E-state index is 0.0879. The predicted molar refractivity (Wildman–Crippen MR) is 111 cm³/mol. The highest BCUT2D eigenvalue weighted by atomic mass is 32.1. The highest BCUT2D eigenvalue weighted by molar-refractivity contribution is 7.12. The number of piperazine rings is 1. The number of amides is 3. The molecule has 1 saturated heterocycles. The normalized spacial score (nSPS) is 14.7. The second-order valence-electron chi connectivity index (χ2n) is 7.85. The highest BCUT2D eigenvalue weighted by Gasteiger charge is 2.31. The minimum Gasteiger partial charge on any atom is -0.339 e. The quantitative estimate of drug-likeness (QED) is 0.861. The number of hydrogen-bond acceptors (Lipinski definition) is 4. The van der Waals surface area contributed by atoms with Gasteiger partial charge in [0, 0.05) is 42.8 Å². The van der Waals surface area contributed by atoms with Gasteiger partial charge in [-0.3, -0.25) is 14.4 Å². The van der Waals surface area contributed by atoms with Crippen molar-refractivity contribution >= 4 is 34.7 Å². The van der Waals surface area contributed by atoms with Gasteiger partial charge in [0.25, 0.3) is 11.8 Å². The molecule has 0 radical (unpaired) electrons. The fourth-order valence-electron chi connectivity index (χ4n) is 3.10. The number of hydrogen-bond donors (Lipinski definition) is 1. The molecule has 0 unspecified atom stereocenters. The molecular weight excluding hydrogens is 374 g/mol. The molecule has 0 saturated carbocycles. The van der Waals surface area contributed by atoms with Crippen LogP contribution in [-0.2, 0) is 4.79 Å². The maximum Gasteiger partial charge on any atom is 0.265 e. The third-order valence-corrected chi connectivity index (χ3v) is 5.48. The summed E-state index contributed by atoms with van der Waals surface area (Å²) in [5.74, 6) is -0.165. The zero-order valence-corrected chi connectivity index (χ0v) is 17.2. The first-order chi connectivity index (χ1) is 13.3. The van der Waals surface area contributed by atoms with E-state index in [9.17, 15) is 14.4 Å². The molecule has 2 aromatic rings. The molecule has 0 aliphatic carbocycles. The summed E-state index contributed by atoms with van der Waals surface area (Å²) in [6.45, 7) is 7.81. The van der Waals surface area contributed by atoms with Crippen LogP contribution in [0.2, 0.25) is 0 Å². The van der Waals surface area contributed by atoms with E-state index < -0.39 is 5.41 Å². The summed E-state index contributed by atoms with van der Waals surface area (Å²) in [6.07, 6.45) is 0. The zero-order chi connectivity index (χ0) is 20.3. The lowest BCUT2D eigenvalue weighted by Crippen LogP contribution is -2.53. The number of rotatable bonds is 3. The van der Waals surface area contributed by atoms with Gasteiger partial charge in [-0.2, -0.15) is 0 Å². The second-order valence-corrected chi connectivity index (χ2v) is 8.79. The molecule has 0 spiro atoms. The molecule has 148 valence electrons. The van der Waals surface area contributed by atoms with Gasteiger partial charge in [-0.1, -0.05) is 32.9 Å². The van der Waals surface area contributed by atoms with Gasteiger partial charge in [-0.05, 0) is 29.6 Å². The number of benzene rings is 1. The number of nitrogens with zero attached hydrogens (tertiary/aromatic N) is 2. The standard InChI is InChI=1S/C21H25N3O3S/c1-21(2,3)20(27)24-11-9-23(10-12-24)19(26)15-6-4-7-16(14-15)22-18(25)17-8-5-13-28-17/h4-8,13-14H,9-12H2,1-3H3,(H,22,25). The average molecular weight is 400 g/mol. The Balaban J connectivity index is 1.62. The van der Waals surface area contributed by atoms with Gasteiger partial charge in [0.1, 0.15) is 0 Å². The monoisotopic (exact) mass is 399 g/mol. The molecule has 28 heavy (non-hydrogen) atoms. The molecule has 3 amide bonds. The van der Waals surface area contributed by atoms with Crippen molar-refractivity contribution in [3.8, 4) is 0 Å². The van der Waals surface area contributed by atoms with E-state index in [-0.39, 0.29) is 17.7 Å². The maximum atomic E-state index is 12.9. The van der Waals surface area contributed by atoms with Gasteiger partial charge in [-0.25, -0.2) is 0 Å². The van der Waals surface area contributed by atoms with Gasteiger partial charge in [0.2, 0.25) is 5.91 Å². The van der Waals surface area contributed by atoms with E-state index in [1.807, 2.05) is 37.1 Å². The van der Waals surface area contributed by atoms with Crippen LogP contribution in [-0.4, -0.2) is 53.7 Å². The van der Waals surface area contributed by atoms with Gasteiger partial charge < -0.3 is 15.1 Å². The lowest BCUT2D eigenvalue weighted by molar-refractivity contribution is -0.140. The van der Waals surface area contributed by atoms with Gasteiger partial charge in [0.15, 0.2) is 0 Å². The summed E-state index contributed by atoms with van der Waals surface area (Å²) < 4.78 is 0. The largest absolute Gasteiger partial charge is 0.339 e. The van der Waals surface area contributed by atoms with E-state index in [4.69, 9.17) is 0 Å². The lowest BCUT2D eigenvalue weighted by Gasteiger charge is -2.37. The minimum atomic E-state index is -0.415. The fourth-order valence-corrected chi connectivity index (χ4v) is 3.72. The van der Waals surface area contributed by atoms with E-state index in [1.165, 1.54) is 11.3 Å². The molecule has 1 aromatic carbocycles. The third kappa shape index (κ3) is 4.59. The molecule has 1 aromatic heterocycles. The van der Waals surface area contributed by atoms with Crippen LogP contribution in [0, 0.1) is 5.41 Å². The summed E-state index contributed by atoms with van der Waals surface area (Å²) >= 11 is 1.37. The zero-order valence-electron chi connectivity index (χ0n) is 16.4. The van der Waals surface area contributed by atoms with E-state index in [2.05, 4.69) is 5.32 Å². The van der Waals surface area contributed by atoms with E-state index >= 15 is 0 Å². The third-order valence-electron chi connectivity index (χ3n) is 4.61. The van der Waals surface area contributed by atoms with Gasteiger partial charge in [0.05, 0.1) is 4.88 Å². The SMILES string of the molecule is CC(C)(C)C(=O)N1CCN(C(=O)c2cccc(NC(=O)c3cccs3)c2)CC1. The molecule has 1 aliphatic heterocycles. The topological polar surface area (TPSA) is 69.7 Å². The Morgan fingerprint density at radius 3 is 2.25 bits per heavy atom.